The number of carbonyl (C=O) groups is 3. The number of hydrogen-bond acceptors (Lipinski definition) is 6. The van der Waals surface area contributed by atoms with Crippen LogP contribution in [0.2, 0.25) is 0 Å². The first-order valence-electron chi connectivity index (χ1n) is 7.43. The molecule has 0 aliphatic heterocycles. The first kappa shape index (κ1) is 19.4. The highest BCUT2D eigenvalue weighted by Gasteiger charge is 2.25. The van der Waals surface area contributed by atoms with Gasteiger partial charge >= 0.3 is 5.97 Å². The Bertz CT molecular complexity index is 570. The van der Waals surface area contributed by atoms with Gasteiger partial charge in [0.25, 0.3) is 0 Å². The monoisotopic (exact) mass is 338 g/mol. The number of amides is 2. The predicted molar refractivity (Wildman–Crippen MR) is 86.6 cm³/mol. The van der Waals surface area contributed by atoms with Crippen LogP contribution in [0.25, 0.3) is 6.08 Å². The Morgan fingerprint density at radius 3 is 2.38 bits per heavy atom. The molecule has 1 rings (SSSR count). The zero-order chi connectivity index (χ0) is 17.9. The summed E-state index contributed by atoms with van der Waals surface area (Å²) in [5.41, 5.74) is 10.8. The number of rotatable bonds is 10. The fourth-order valence-electron chi connectivity index (χ4n) is 1.90. The molecule has 9 nitrogen and oxygen atoms in total. The van der Waals surface area contributed by atoms with Crippen LogP contribution in [0.4, 0.5) is 0 Å². The maximum atomic E-state index is 12.2. The SMILES string of the molecule is NCC[C@H](NC(=O)[C@@H](CCN)NC(=O)C=Cc1ccco1)C(=O)O. The van der Waals surface area contributed by atoms with Crippen LogP contribution in [-0.2, 0) is 14.4 Å². The van der Waals surface area contributed by atoms with E-state index in [1.807, 2.05) is 0 Å². The van der Waals surface area contributed by atoms with Crippen LogP contribution in [0.3, 0.4) is 0 Å². The van der Waals surface area contributed by atoms with Crippen LogP contribution in [0.1, 0.15) is 18.6 Å². The lowest BCUT2D eigenvalue weighted by atomic mass is 10.1. The molecular formula is C15H22N4O5. The third-order valence-electron chi connectivity index (χ3n) is 3.10. The Morgan fingerprint density at radius 2 is 1.83 bits per heavy atom. The van der Waals surface area contributed by atoms with Crippen LogP contribution in [-0.4, -0.2) is 48.1 Å². The van der Waals surface area contributed by atoms with Gasteiger partial charge in [0, 0.05) is 6.08 Å². The number of carboxylic acid groups (broad SMARTS) is 1. The first-order chi connectivity index (χ1) is 11.5. The van der Waals surface area contributed by atoms with E-state index in [1.54, 1.807) is 12.1 Å². The van der Waals surface area contributed by atoms with Crippen molar-refractivity contribution in [3.63, 3.8) is 0 Å². The molecule has 9 heteroatoms. The molecule has 0 aliphatic rings. The molecule has 0 fully saturated rings. The van der Waals surface area contributed by atoms with Gasteiger partial charge in [-0.2, -0.15) is 0 Å². The molecule has 0 aliphatic carbocycles. The average molecular weight is 338 g/mol. The van der Waals surface area contributed by atoms with Crippen molar-refractivity contribution in [1.82, 2.24) is 10.6 Å². The summed E-state index contributed by atoms with van der Waals surface area (Å²) in [6.07, 6.45) is 4.38. The minimum absolute atomic E-state index is 0.0861. The molecule has 1 aromatic rings. The Labute approximate surface area is 139 Å². The Morgan fingerprint density at radius 1 is 1.17 bits per heavy atom. The quantitative estimate of drug-likeness (QED) is 0.343. The fraction of sp³-hybridized carbons (Fsp3) is 0.400. The lowest BCUT2D eigenvalue weighted by Gasteiger charge is -2.20. The Hall–Kier alpha value is -2.65. The summed E-state index contributed by atoms with van der Waals surface area (Å²) in [4.78, 5) is 35.1. The minimum Gasteiger partial charge on any atom is -0.480 e. The first-order valence-corrected chi connectivity index (χ1v) is 7.43. The van der Waals surface area contributed by atoms with Crippen LogP contribution < -0.4 is 22.1 Å². The van der Waals surface area contributed by atoms with Crippen molar-refractivity contribution in [1.29, 1.82) is 0 Å². The summed E-state index contributed by atoms with van der Waals surface area (Å²) >= 11 is 0. The van der Waals surface area contributed by atoms with Crippen LogP contribution in [0.15, 0.2) is 28.9 Å². The van der Waals surface area contributed by atoms with Crippen molar-refractivity contribution >= 4 is 23.9 Å². The molecule has 2 atom stereocenters. The van der Waals surface area contributed by atoms with Crippen LogP contribution in [0, 0.1) is 0 Å². The average Bonchev–Trinajstić information content (AvgIpc) is 3.05. The smallest absolute Gasteiger partial charge is 0.326 e. The maximum absolute atomic E-state index is 12.2. The summed E-state index contributed by atoms with van der Waals surface area (Å²) in [7, 11) is 0. The summed E-state index contributed by atoms with van der Waals surface area (Å²) in [5.74, 6) is -1.85. The number of carboxylic acids is 1. The Kier molecular flexibility index (Phi) is 8.23. The third kappa shape index (κ3) is 6.63. The molecule has 7 N–H and O–H groups in total. The molecule has 0 bridgehead atoms. The second-order valence-electron chi connectivity index (χ2n) is 4.96. The molecule has 24 heavy (non-hydrogen) atoms. The summed E-state index contributed by atoms with van der Waals surface area (Å²) in [5, 5.41) is 13.9. The van der Waals surface area contributed by atoms with Crippen LogP contribution >= 0.6 is 0 Å². The molecule has 0 saturated heterocycles. The van der Waals surface area contributed by atoms with E-state index in [0.717, 1.165) is 0 Å². The molecule has 1 heterocycles. The van der Waals surface area contributed by atoms with Gasteiger partial charge in [-0.05, 0) is 44.1 Å². The van der Waals surface area contributed by atoms with Gasteiger partial charge in [-0.15, -0.1) is 0 Å². The van der Waals surface area contributed by atoms with E-state index < -0.39 is 29.9 Å². The lowest BCUT2D eigenvalue weighted by molar-refractivity contribution is -0.142. The van der Waals surface area contributed by atoms with Gasteiger partial charge in [-0.3, -0.25) is 9.59 Å². The molecule has 132 valence electrons. The van der Waals surface area contributed by atoms with Crippen molar-refractivity contribution in [2.75, 3.05) is 13.1 Å². The summed E-state index contributed by atoms with van der Waals surface area (Å²) in [6, 6.07) is 1.28. The molecule has 0 radical (unpaired) electrons. The summed E-state index contributed by atoms with van der Waals surface area (Å²) in [6.45, 7) is 0.256. The Balaban J connectivity index is 2.65. The van der Waals surface area contributed by atoms with E-state index in [9.17, 15) is 14.4 Å². The number of nitrogens with one attached hydrogen (secondary N) is 2. The predicted octanol–water partition coefficient (Wildman–Crippen LogP) is -0.955. The molecule has 0 saturated carbocycles. The van der Waals surface area contributed by atoms with E-state index in [2.05, 4.69) is 10.6 Å². The van der Waals surface area contributed by atoms with Crippen molar-refractivity contribution in [2.45, 2.75) is 24.9 Å². The second kappa shape index (κ2) is 10.2. The van der Waals surface area contributed by atoms with Crippen molar-refractivity contribution in [2.24, 2.45) is 11.5 Å². The van der Waals surface area contributed by atoms with Crippen molar-refractivity contribution < 1.29 is 23.9 Å². The number of nitrogens with two attached hydrogens (primary N) is 2. The maximum Gasteiger partial charge on any atom is 0.326 e. The highest BCUT2D eigenvalue weighted by atomic mass is 16.4. The number of aliphatic carboxylic acids is 1. The highest BCUT2D eigenvalue weighted by Crippen LogP contribution is 2.02. The minimum atomic E-state index is -1.19. The van der Waals surface area contributed by atoms with Crippen molar-refractivity contribution in [3.8, 4) is 0 Å². The molecular weight excluding hydrogens is 316 g/mol. The third-order valence-corrected chi connectivity index (χ3v) is 3.10. The van der Waals surface area contributed by atoms with Gasteiger partial charge in [0.2, 0.25) is 11.8 Å². The topological polar surface area (TPSA) is 161 Å². The fourth-order valence-corrected chi connectivity index (χ4v) is 1.90. The van der Waals surface area contributed by atoms with Gasteiger partial charge in [0.05, 0.1) is 6.26 Å². The molecule has 0 aromatic carbocycles. The van der Waals surface area contributed by atoms with Crippen molar-refractivity contribution in [3.05, 3.63) is 30.2 Å². The zero-order valence-electron chi connectivity index (χ0n) is 13.1. The normalized spacial score (nSPS) is 13.4. The molecule has 1 aromatic heterocycles. The number of furan rings is 1. The molecule has 2 amide bonds. The summed E-state index contributed by atoms with van der Waals surface area (Å²) < 4.78 is 5.05. The van der Waals surface area contributed by atoms with Gasteiger partial charge in [0.15, 0.2) is 0 Å². The number of hydrogen-bond donors (Lipinski definition) is 5. The van der Waals surface area contributed by atoms with E-state index in [4.69, 9.17) is 21.0 Å². The van der Waals surface area contributed by atoms with E-state index >= 15 is 0 Å². The van der Waals surface area contributed by atoms with Gasteiger partial charge < -0.3 is 31.6 Å². The van der Waals surface area contributed by atoms with E-state index in [1.165, 1.54) is 18.4 Å². The highest BCUT2D eigenvalue weighted by molar-refractivity contribution is 5.96. The molecule has 0 spiro atoms. The van der Waals surface area contributed by atoms with E-state index in [0.29, 0.717) is 5.76 Å². The van der Waals surface area contributed by atoms with Crippen LogP contribution in [0.5, 0.6) is 0 Å². The standard InChI is InChI=1S/C15H22N4O5/c16-7-5-11(14(21)19-12(6-8-17)15(22)23)18-13(20)4-3-10-2-1-9-24-10/h1-4,9,11-12H,5-8,16-17H2,(H,18,20)(H,19,21)(H,22,23)/t11-,12+/m1/s1. The van der Waals surface area contributed by atoms with Gasteiger partial charge in [-0.25, -0.2) is 4.79 Å². The van der Waals surface area contributed by atoms with E-state index in [-0.39, 0.29) is 25.9 Å². The van der Waals surface area contributed by atoms with Gasteiger partial charge in [-0.1, -0.05) is 0 Å². The zero-order valence-corrected chi connectivity index (χ0v) is 13.1. The number of carbonyl (C=O) groups excluding carboxylic acids is 2. The lowest BCUT2D eigenvalue weighted by Crippen LogP contribution is -2.52. The van der Waals surface area contributed by atoms with Gasteiger partial charge in [0.1, 0.15) is 17.8 Å². The second-order valence-corrected chi connectivity index (χ2v) is 4.96. The largest absolute Gasteiger partial charge is 0.480 e. The molecule has 0 unspecified atom stereocenters.